The van der Waals surface area contributed by atoms with Gasteiger partial charge in [0.05, 0.1) is 13.5 Å². The van der Waals surface area contributed by atoms with Gasteiger partial charge in [0.2, 0.25) is 5.91 Å². The van der Waals surface area contributed by atoms with Crippen LogP contribution in [0.3, 0.4) is 0 Å². The molecule has 6 heteroatoms. The van der Waals surface area contributed by atoms with Gasteiger partial charge in [-0.1, -0.05) is 31.5 Å². The lowest BCUT2D eigenvalue weighted by molar-refractivity contribution is -0.143. The highest BCUT2D eigenvalue weighted by molar-refractivity contribution is 6.30. The minimum Gasteiger partial charge on any atom is -0.496 e. The van der Waals surface area contributed by atoms with E-state index in [0.717, 1.165) is 0 Å². The number of nitrogens with one attached hydrogen (secondary N) is 1. The van der Waals surface area contributed by atoms with Gasteiger partial charge in [0.25, 0.3) is 0 Å². The van der Waals surface area contributed by atoms with E-state index in [4.69, 9.17) is 21.4 Å². The number of halogens is 1. The quantitative estimate of drug-likeness (QED) is 0.843. The summed E-state index contributed by atoms with van der Waals surface area (Å²) in [6.07, 6.45) is 0.0385. The fourth-order valence-corrected chi connectivity index (χ4v) is 1.94. The van der Waals surface area contributed by atoms with Crippen molar-refractivity contribution >= 4 is 23.5 Å². The molecule has 110 valence electrons. The summed E-state index contributed by atoms with van der Waals surface area (Å²) in [4.78, 5) is 23.0. The number of hydrogen-bond acceptors (Lipinski definition) is 3. The SMILES string of the molecule is COc1cc(Cl)ccc1CC(=O)NC(C(=O)O)C(C)C. The molecule has 0 saturated carbocycles. The van der Waals surface area contributed by atoms with E-state index in [1.165, 1.54) is 7.11 Å². The Morgan fingerprint density at radius 1 is 1.40 bits per heavy atom. The molecule has 1 rings (SSSR count). The largest absolute Gasteiger partial charge is 0.496 e. The summed E-state index contributed by atoms with van der Waals surface area (Å²) in [5.74, 6) is -1.10. The molecule has 0 bridgehead atoms. The molecular weight excluding hydrogens is 282 g/mol. The van der Waals surface area contributed by atoms with Crippen molar-refractivity contribution in [2.45, 2.75) is 26.3 Å². The number of carbonyl (C=O) groups excluding carboxylic acids is 1. The lowest BCUT2D eigenvalue weighted by atomic mass is 10.0. The summed E-state index contributed by atoms with van der Waals surface area (Å²) in [6, 6.07) is 4.05. The number of carboxylic acids is 1. The summed E-state index contributed by atoms with van der Waals surface area (Å²) in [7, 11) is 1.49. The molecule has 1 aromatic rings. The van der Waals surface area contributed by atoms with E-state index in [9.17, 15) is 9.59 Å². The van der Waals surface area contributed by atoms with E-state index < -0.39 is 12.0 Å². The van der Waals surface area contributed by atoms with Crippen LogP contribution >= 0.6 is 11.6 Å². The van der Waals surface area contributed by atoms with Crippen LogP contribution in [-0.2, 0) is 16.0 Å². The predicted molar refractivity (Wildman–Crippen MR) is 76.1 cm³/mol. The van der Waals surface area contributed by atoms with E-state index in [-0.39, 0.29) is 18.2 Å². The zero-order valence-electron chi connectivity index (χ0n) is 11.6. The molecule has 0 aliphatic rings. The second-order valence-corrected chi connectivity index (χ2v) is 5.20. The number of hydrogen-bond donors (Lipinski definition) is 2. The van der Waals surface area contributed by atoms with Gasteiger partial charge in [-0.05, 0) is 18.1 Å². The zero-order valence-corrected chi connectivity index (χ0v) is 12.4. The third kappa shape index (κ3) is 4.42. The van der Waals surface area contributed by atoms with Gasteiger partial charge in [-0.25, -0.2) is 4.79 Å². The van der Waals surface area contributed by atoms with Gasteiger partial charge in [-0.2, -0.15) is 0 Å². The van der Waals surface area contributed by atoms with Crippen molar-refractivity contribution in [2.75, 3.05) is 7.11 Å². The van der Waals surface area contributed by atoms with E-state index in [0.29, 0.717) is 16.3 Å². The number of methoxy groups -OCH3 is 1. The first-order valence-corrected chi connectivity index (χ1v) is 6.57. The summed E-state index contributed by atoms with van der Waals surface area (Å²) < 4.78 is 5.15. The molecule has 0 heterocycles. The molecule has 1 atom stereocenters. The second kappa shape index (κ2) is 7.14. The fourth-order valence-electron chi connectivity index (χ4n) is 1.78. The second-order valence-electron chi connectivity index (χ2n) is 4.76. The van der Waals surface area contributed by atoms with Crippen LogP contribution in [0.4, 0.5) is 0 Å². The number of ether oxygens (including phenoxy) is 1. The fraction of sp³-hybridized carbons (Fsp3) is 0.429. The Morgan fingerprint density at radius 2 is 2.05 bits per heavy atom. The van der Waals surface area contributed by atoms with Crippen molar-refractivity contribution < 1.29 is 19.4 Å². The number of benzene rings is 1. The van der Waals surface area contributed by atoms with Crippen molar-refractivity contribution in [3.05, 3.63) is 28.8 Å². The average molecular weight is 300 g/mol. The molecule has 1 aromatic carbocycles. The average Bonchev–Trinajstić information content (AvgIpc) is 2.37. The van der Waals surface area contributed by atoms with Gasteiger partial charge in [-0.3, -0.25) is 4.79 Å². The predicted octanol–water partition coefficient (Wildman–Crippen LogP) is 2.12. The van der Waals surface area contributed by atoms with Crippen molar-refractivity contribution in [1.82, 2.24) is 5.32 Å². The normalized spacial score (nSPS) is 12.1. The van der Waals surface area contributed by atoms with Gasteiger partial charge >= 0.3 is 5.97 Å². The Morgan fingerprint density at radius 3 is 2.55 bits per heavy atom. The van der Waals surface area contributed by atoms with Gasteiger partial charge in [-0.15, -0.1) is 0 Å². The molecule has 0 fully saturated rings. The lowest BCUT2D eigenvalue weighted by Crippen LogP contribution is -2.44. The van der Waals surface area contributed by atoms with Crippen LogP contribution in [0.1, 0.15) is 19.4 Å². The molecule has 0 saturated heterocycles. The van der Waals surface area contributed by atoms with Crippen molar-refractivity contribution in [1.29, 1.82) is 0 Å². The first kappa shape index (κ1) is 16.3. The molecule has 1 amide bonds. The smallest absolute Gasteiger partial charge is 0.326 e. The van der Waals surface area contributed by atoms with Crippen molar-refractivity contribution in [3.63, 3.8) is 0 Å². The molecule has 0 aromatic heterocycles. The molecule has 1 unspecified atom stereocenters. The minimum absolute atomic E-state index is 0.0385. The standard InChI is InChI=1S/C14H18ClNO4/c1-8(2)13(14(18)19)16-12(17)6-9-4-5-10(15)7-11(9)20-3/h4-5,7-8,13H,6H2,1-3H3,(H,16,17)(H,18,19). The molecule has 0 spiro atoms. The van der Waals surface area contributed by atoms with Crippen LogP contribution in [0.25, 0.3) is 0 Å². The van der Waals surface area contributed by atoms with E-state index in [1.807, 2.05) is 0 Å². The highest BCUT2D eigenvalue weighted by Gasteiger charge is 2.23. The Hall–Kier alpha value is -1.75. The maximum absolute atomic E-state index is 11.9. The minimum atomic E-state index is -1.04. The Balaban J connectivity index is 2.78. The molecule has 20 heavy (non-hydrogen) atoms. The molecule has 0 aliphatic carbocycles. The van der Waals surface area contributed by atoms with Crippen molar-refractivity contribution in [2.24, 2.45) is 5.92 Å². The summed E-state index contributed by atoms with van der Waals surface area (Å²) >= 11 is 5.84. The third-order valence-electron chi connectivity index (χ3n) is 2.85. The summed E-state index contributed by atoms with van der Waals surface area (Å²) in [5, 5.41) is 12.1. The molecular formula is C14H18ClNO4. The van der Waals surface area contributed by atoms with E-state index in [2.05, 4.69) is 5.32 Å². The van der Waals surface area contributed by atoms with Crippen LogP contribution in [0.2, 0.25) is 5.02 Å². The summed E-state index contributed by atoms with van der Waals surface area (Å²) in [5.41, 5.74) is 0.655. The Labute approximate surface area is 122 Å². The highest BCUT2D eigenvalue weighted by atomic mass is 35.5. The highest BCUT2D eigenvalue weighted by Crippen LogP contribution is 2.23. The van der Waals surface area contributed by atoms with E-state index >= 15 is 0 Å². The van der Waals surface area contributed by atoms with Crippen LogP contribution in [0, 0.1) is 5.92 Å². The van der Waals surface area contributed by atoms with Gasteiger partial charge < -0.3 is 15.2 Å². The number of amides is 1. The zero-order chi connectivity index (χ0) is 15.3. The Kier molecular flexibility index (Phi) is 5.82. The number of rotatable bonds is 6. The molecule has 2 N–H and O–H groups in total. The summed E-state index contributed by atoms with van der Waals surface area (Å²) in [6.45, 7) is 3.48. The molecule has 0 radical (unpaired) electrons. The van der Waals surface area contributed by atoms with Gasteiger partial charge in [0.15, 0.2) is 0 Å². The van der Waals surface area contributed by atoms with Crippen LogP contribution in [-0.4, -0.2) is 30.1 Å². The number of carbonyl (C=O) groups is 2. The number of carboxylic acid groups (broad SMARTS) is 1. The van der Waals surface area contributed by atoms with Gasteiger partial charge in [0.1, 0.15) is 11.8 Å². The first-order valence-electron chi connectivity index (χ1n) is 6.19. The number of aliphatic carboxylic acids is 1. The maximum atomic E-state index is 11.9. The molecule has 5 nitrogen and oxygen atoms in total. The topological polar surface area (TPSA) is 75.6 Å². The van der Waals surface area contributed by atoms with Crippen LogP contribution in [0.5, 0.6) is 5.75 Å². The molecule has 0 aliphatic heterocycles. The monoisotopic (exact) mass is 299 g/mol. The lowest BCUT2D eigenvalue weighted by Gasteiger charge is -2.18. The van der Waals surface area contributed by atoms with Crippen molar-refractivity contribution in [3.8, 4) is 5.75 Å². The van der Waals surface area contributed by atoms with Gasteiger partial charge in [0, 0.05) is 10.6 Å². The third-order valence-corrected chi connectivity index (χ3v) is 3.08. The maximum Gasteiger partial charge on any atom is 0.326 e. The first-order chi connectivity index (χ1) is 9.35. The Bertz CT molecular complexity index is 502. The van der Waals surface area contributed by atoms with Crippen LogP contribution in [0.15, 0.2) is 18.2 Å². The van der Waals surface area contributed by atoms with E-state index in [1.54, 1.807) is 32.0 Å². The van der Waals surface area contributed by atoms with Crippen LogP contribution < -0.4 is 10.1 Å².